The second-order valence-electron chi connectivity index (χ2n) is 3.93. The van der Waals surface area contributed by atoms with Gasteiger partial charge in [0.05, 0.1) is 5.02 Å². The Bertz CT molecular complexity index is 519. The molecule has 18 heavy (non-hydrogen) atoms. The van der Waals surface area contributed by atoms with Crippen molar-refractivity contribution in [3.05, 3.63) is 58.9 Å². The highest BCUT2D eigenvalue weighted by molar-refractivity contribution is 6.30. The second-order valence-corrected chi connectivity index (χ2v) is 4.34. The molecule has 1 N–H and O–H groups in total. The second kappa shape index (κ2) is 5.89. The number of benzene rings is 1. The zero-order valence-electron chi connectivity index (χ0n) is 9.90. The predicted molar refractivity (Wildman–Crippen MR) is 68.9 cm³/mol. The molecule has 5 heteroatoms. The summed E-state index contributed by atoms with van der Waals surface area (Å²) in [6, 6.07) is 4.98. The third kappa shape index (κ3) is 2.83. The Morgan fingerprint density at radius 3 is 2.72 bits per heavy atom. The molecule has 1 heterocycles. The SMILES string of the molecule is CNC(Cc1cccc(Cl)c1F)c1cncnc1. The van der Waals surface area contributed by atoms with Gasteiger partial charge in [-0.15, -0.1) is 0 Å². The number of nitrogens with one attached hydrogen (secondary N) is 1. The van der Waals surface area contributed by atoms with Gasteiger partial charge in [-0.05, 0) is 25.1 Å². The highest BCUT2D eigenvalue weighted by Crippen LogP contribution is 2.23. The third-order valence-electron chi connectivity index (χ3n) is 2.79. The van der Waals surface area contributed by atoms with Gasteiger partial charge >= 0.3 is 0 Å². The average Bonchev–Trinajstić information content (AvgIpc) is 2.41. The highest BCUT2D eigenvalue weighted by atomic mass is 35.5. The van der Waals surface area contributed by atoms with Crippen LogP contribution >= 0.6 is 11.6 Å². The van der Waals surface area contributed by atoms with Crippen LogP contribution in [0.4, 0.5) is 4.39 Å². The lowest BCUT2D eigenvalue weighted by Crippen LogP contribution is -2.19. The first kappa shape index (κ1) is 12.9. The lowest BCUT2D eigenvalue weighted by atomic mass is 10.0. The summed E-state index contributed by atoms with van der Waals surface area (Å²) in [7, 11) is 1.82. The van der Waals surface area contributed by atoms with Crippen molar-refractivity contribution in [2.24, 2.45) is 0 Å². The van der Waals surface area contributed by atoms with Crippen molar-refractivity contribution in [3.63, 3.8) is 0 Å². The summed E-state index contributed by atoms with van der Waals surface area (Å²) in [4.78, 5) is 7.93. The maximum Gasteiger partial charge on any atom is 0.145 e. The third-order valence-corrected chi connectivity index (χ3v) is 3.08. The molecule has 0 aliphatic carbocycles. The fraction of sp³-hybridized carbons (Fsp3) is 0.231. The predicted octanol–water partition coefficient (Wildman–Crippen LogP) is 2.77. The van der Waals surface area contributed by atoms with Crippen LogP contribution in [0.2, 0.25) is 5.02 Å². The van der Waals surface area contributed by atoms with Crippen LogP contribution < -0.4 is 5.32 Å². The summed E-state index contributed by atoms with van der Waals surface area (Å²) in [6.45, 7) is 0. The van der Waals surface area contributed by atoms with Gasteiger partial charge in [0.2, 0.25) is 0 Å². The van der Waals surface area contributed by atoms with Crippen molar-refractivity contribution in [1.82, 2.24) is 15.3 Å². The molecule has 0 spiro atoms. The van der Waals surface area contributed by atoms with Gasteiger partial charge in [-0.1, -0.05) is 23.7 Å². The van der Waals surface area contributed by atoms with Crippen molar-refractivity contribution in [2.75, 3.05) is 7.05 Å². The molecule has 1 unspecified atom stereocenters. The summed E-state index contributed by atoms with van der Waals surface area (Å²) in [5.74, 6) is -0.365. The molecule has 2 aromatic rings. The van der Waals surface area contributed by atoms with E-state index in [0.29, 0.717) is 12.0 Å². The number of hydrogen-bond donors (Lipinski definition) is 1. The van der Waals surface area contributed by atoms with E-state index in [1.54, 1.807) is 30.6 Å². The summed E-state index contributed by atoms with van der Waals surface area (Å²) in [5.41, 5.74) is 1.49. The van der Waals surface area contributed by atoms with Crippen molar-refractivity contribution in [2.45, 2.75) is 12.5 Å². The number of rotatable bonds is 4. The van der Waals surface area contributed by atoms with Crippen molar-refractivity contribution >= 4 is 11.6 Å². The van der Waals surface area contributed by atoms with Gasteiger partial charge in [0, 0.05) is 24.0 Å². The number of aromatic nitrogens is 2. The smallest absolute Gasteiger partial charge is 0.145 e. The van der Waals surface area contributed by atoms with Crippen molar-refractivity contribution in [3.8, 4) is 0 Å². The summed E-state index contributed by atoms with van der Waals surface area (Å²) in [5, 5.41) is 3.27. The van der Waals surface area contributed by atoms with Crippen LogP contribution in [0.25, 0.3) is 0 Å². The van der Waals surface area contributed by atoms with Gasteiger partial charge in [-0.25, -0.2) is 14.4 Å². The molecule has 0 fully saturated rings. The zero-order chi connectivity index (χ0) is 13.0. The molecule has 1 aromatic carbocycles. The topological polar surface area (TPSA) is 37.8 Å². The normalized spacial score (nSPS) is 12.4. The van der Waals surface area contributed by atoms with E-state index in [4.69, 9.17) is 11.6 Å². The number of likely N-dealkylation sites (N-methyl/N-ethyl adjacent to an activating group) is 1. The first-order valence-corrected chi connectivity index (χ1v) is 5.95. The molecular formula is C13H13ClFN3. The minimum absolute atomic E-state index is 0.0424. The highest BCUT2D eigenvalue weighted by Gasteiger charge is 2.14. The summed E-state index contributed by atoms with van der Waals surface area (Å²) >= 11 is 5.77. The van der Waals surface area contributed by atoms with E-state index in [-0.39, 0.29) is 16.9 Å². The molecular weight excluding hydrogens is 253 g/mol. The number of halogens is 2. The van der Waals surface area contributed by atoms with Gasteiger partial charge < -0.3 is 5.32 Å². The molecule has 0 radical (unpaired) electrons. The molecule has 0 bridgehead atoms. The monoisotopic (exact) mass is 265 g/mol. The fourth-order valence-corrected chi connectivity index (χ4v) is 2.00. The minimum atomic E-state index is -0.365. The number of hydrogen-bond acceptors (Lipinski definition) is 3. The summed E-state index contributed by atoms with van der Waals surface area (Å²) < 4.78 is 13.8. The Hall–Kier alpha value is -1.52. The molecule has 1 aromatic heterocycles. The average molecular weight is 266 g/mol. The Balaban J connectivity index is 2.24. The quantitative estimate of drug-likeness (QED) is 0.924. The van der Waals surface area contributed by atoms with E-state index in [2.05, 4.69) is 15.3 Å². The van der Waals surface area contributed by atoms with Gasteiger partial charge in [-0.3, -0.25) is 0 Å². The standard InChI is InChI=1S/C13H13ClFN3/c1-16-12(10-6-17-8-18-7-10)5-9-3-2-4-11(14)13(9)15/h2-4,6-8,12,16H,5H2,1H3. The first-order chi connectivity index (χ1) is 8.72. The van der Waals surface area contributed by atoms with Crippen LogP contribution in [0.15, 0.2) is 36.9 Å². The Labute approximate surface area is 110 Å². The summed E-state index contributed by atoms with van der Waals surface area (Å²) in [6.07, 6.45) is 5.40. The van der Waals surface area contributed by atoms with Crippen LogP contribution in [-0.4, -0.2) is 17.0 Å². The fourth-order valence-electron chi connectivity index (χ4n) is 1.80. The number of nitrogens with zero attached hydrogens (tertiary/aromatic N) is 2. The molecule has 0 saturated carbocycles. The van der Waals surface area contributed by atoms with Crippen molar-refractivity contribution < 1.29 is 4.39 Å². The molecule has 0 aliphatic rings. The van der Waals surface area contributed by atoms with Gasteiger partial charge in [0.25, 0.3) is 0 Å². The lowest BCUT2D eigenvalue weighted by molar-refractivity contribution is 0.552. The van der Waals surface area contributed by atoms with E-state index in [0.717, 1.165) is 5.56 Å². The van der Waals surface area contributed by atoms with Gasteiger partial charge in [-0.2, -0.15) is 0 Å². The van der Waals surface area contributed by atoms with E-state index < -0.39 is 0 Å². The van der Waals surface area contributed by atoms with Crippen LogP contribution in [0, 0.1) is 5.82 Å². The van der Waals surface area contributed by atoms with E-state index in [9.17, 15) is 4.39 Å². The van der Waals surface area contributed by atoms with Gasteiger partial charge in [0.15, 0.2) is 0 Å². The molecule has 0 amide bonds. The molecule has 2 rings (SSSR count). The maximum absolute atomic E-state index is 13.8. The Morgan fingerprint density at radius 1 is 1.33 bits per heavy atom. The maximum atomic E-state index is 13.8. The van der Waals surface area contributed by atoms with Gasteiger partial charge in [0.1, 0.15) is 12.1 Å². The molecule has 94 valence electrons. The molecule has 1 atom stereocenters. The van der Waals surface area contributed by atoms with E-state index in [1.165, 1.54) is 6.33 Å². The molecule has 0 aliphatic heterocycles. The van der Waals surface area contributed by atoms with Crippen LogP contribution in [0.1, 0.15) is 17.2 Å². The zero-order valence-corrected chi connectivity index (χ0v) is 10.7. The largest absolute Gasteiger partial charge is 0.313 e. The first-order valence-electron chi connectivity index (χ1n) is 5.57. The Morgan fingerprint density at radius 2 is 2.06 bits per heavy atom. The Kier molecular flexibility index (Phi) is 4.23. The molecule has 0 saturated heterocycles. The van der Waals surface area contributed by atoms with Crippen LogP contribution in [-0.2, 0) is 6.42 Å². The van der Waals surface area contributed by atoms with Crippen LogP contribution in [0.5, 0.6) is 0 Å². The van der Waals surface area contributed by atoms with Crippen molar-refractivity contribution in [1.29, 1.82) is 0 Å². The minimum Gasteiger partial charge on any atom is -0.313 e. The van der Waals surface area contributed by atoms with E-state index >= 15 is 0 Å². The molecule has 3 nitrogen and oxygen atoms in total. The lowest BCUT2D eigenvalue weighted by Gasteiger charge is -2.16. The van der Waals surface area contributed by atoms with E-state index in [1.807, 2.05) is 7.05 Å². The van der Waals surface area contributed by atoms with Crippen LogP contribution in [0.3, 0.4) is 0 Å².